The molecule has 2 aromatic carbocycles. The molecule has 4 heteroatoms. The third kappa shape index (κ3) is 4.84. The molecule has 4 nitrogen and oxygen atoms in total. The number of carboxylic acids is 1. The molecule has 0 saturated carbocycles. The Hall–Kier alpha value is -2.49. The van der Waals surface area contributed by atoms with Crippen LogP contribution in [0.15, 0.2) is 48.5 Å². The summed E-state index contributed by atoms with van der Waals surface area (Å²) in [6, 6.07) is 14.9. The predicted octanol–water partition coefficient (Wildman–Crippen LogP) is 4.03. The highest BCUT2D eigenvalue weighted by Crippen LogP contribution is 2.24. The highest BCUT2D eigenvalue weighted by Gasteiger charge is 2.09. The largest absolute Gasteiger partial charge is 0.490 e. The minimum atomic E-state index is -0.873. The van der Waals surface area contributed by atoms with Crippen molar-refractivity contribution in [2.45, 2.75) is 26.4 Å². The van der Waals surface area contributed by atoms with Gasteiger partial charge >= 0.3 is 5.97 Å². The van der Waals surface area contributed by atoms with Crippen LogP contribution in [-0.2, 0) is 4.79 Å². The summed E-state index contributed by atoms with van der Waals surface area (Å²) in [6.07, 6.45) is -0.395. The number of carboxylic acid groups (broad SMARTS) is 1. The standard InChI is InChI=1S/C17H18O4/c1-12-3-5-15(6-4-12)21-16-9-7-14(8-10-16)20-13(2)11-17(18)19/h3-10,13H,11H2,1-2H3,(H,18,19)/t13-/m1/s1. The molecule has 1 N–H and O–H groups in total. The topological polar surface area (TPSA) is 55.8 Å². The van der Waals surface area contributed by atoms with Gasteiger partial charge in [-0.3, -0.25) is 4.79 Å². The quantitative estimate of drug-likeness (QED) is 0.871. The average Bonchev–Trinajstić information content (AvgIpc) is 2.42. The maximum absolute atomic E-state index is 10.6. The van der Waals surface area contributed by atoms with Crippen molar-refractivity contribution < 1.29 is 19.4 Å². The third-order valence-corrected chi connectivity index (χ3v) is 2.88. The van der Waals surface area contributed by atoms with Gasteiger partial charge in [0.15, 0.2) is 0 Å². The lowest BCUT2D eigenvalue weighted by atomic mass is 10.2. The van der Waals surface area contributed by atoms with E-state index in [1.54, 1.807) is 31.2 Å². The fraction of sp³-hybridized carbons (Fsp3) is 0.235. The van der Waals surface area contributed by atoms with Gasteiger partial charge in [0, 0.05) is 0 Å². The SMILES string of the molecule is Cc1ccc(Oc2ccc(O[C@H](C)CC(=O)O)cc2)cc1. The Bertz CT molecular complexity index is 587. The van der Waals surface area contributed by atoms with E-state index in [9.17, 15) is 4.79 Å². The van der Waals surface area contributed by atoms with E-state index >= 15 is 0 Å². The van der Waals surface area contributed by atoms with Gasteiger partial charge in [0.25, 0.3) is 0 Å². The molecular formula is C17H18O4. The van der Waals surface area contributed by atoms with Crippen molar-refractivity contribution in [2.75, 3.05) is 0 Å². The summed E-state index contributed by atoms with van der Waals surface area (Å²) in [6.45, 7) is 3.75. The van der Waals surface area contributed by atoms with Gasteiger partial charge in [0.2, 0.25) is 0 Å². The van der Waals surface area contributed by atoms with E-state index in [0.29, 0.717) is 11.5 Å². The fourth-order valence-corrected chi connectivity index (χ4v) is 1.85. The molecular weight excluding hydrogens is 268 g/mol. The molecule has 1 atom stereocenters. The van der Waals surface area contributed by atoms with Crippen LogP contribution in [0.25, 0.3) is 0 Å². The second kappa shape index (κ2) is 6.79. The molecule has 0 unspecified atom stereocenters. The molecule has 0 radical (unpaired) electrons. The molecule has 2 aromatic rings. The summed E-state index contributed by atoms with van der Waals surface area (Å²) in [5.74, 6) is 1.23. The van der Waals surface area contributed by atoms with Gasteiger partial charge in [-0.25, -0.2) is 0 Å². The molecule has 0 amide bonds. The Kier molecular flexibility index (Phi) is 4.82. The zero-order valence-electron chi connectivity index (χ0n) is 12.1. The number of carbonyl (C=O) groups is 1. The lowest BCUT2D eigenvalue weighted by molar-refractivity contribution is -0.138. The second-order valence-corrected chi connectivity index (χ2v) is 4.91. The lowest BCUT2D eigenvalue weighted by Crippen LogP contribution is -2.16. The average molecular weight is 286 g/mol. The highest BCUT2D eigenvalue weighted by molar-refractivity contribution is 5.67. The number of hydrogen-bond donors (Lipinski definition) is 1. The Balaban J connectivity index is 1.95. The first-order valence-electron chi connectivity index (χ1n) is 6.76. The van der Waals surface area contributed by atoms with Gasteiger partial charge < -0.3 is 14.6 Å². The van der Waals surface area contributed by atoms with Crippen molar-refractivity contribution in [3.63, 3.8) is 0 Å². The van der Waals surface area contributed by atoms with Gasteiger partial charge in [-0.05, 0) is 50.2 Å². The maximum Gasteiger partial charge on any atom is 0.307 e. The van der Waals surface area contributed by atoms with E-state index in [4.69, 9.17) is 14.6 Å². The molecule has 0 heterocycles. The first kappa shape index (κ1) is 14.9. The summed E-state index contributed by atoms with van der Waals surface area (Å²) in [5.41, 5.74) is 1.18. The van der Waals surface area contributed by atoms with E-state index in [2.05, 4.69) is 0 Å². The molecule has 0 bridgehead atoms. The van der Waals surface area contributed by atoms with Gasteiger partial charge in [-0.2, -0.15) is 0 Å². The molecule has 0 aliphatic heterocycles. The number of rotatable bonds is 6. The fourth-order valence-electron chi connectivity index (χ4n) is 1.85. The molecule has 21 heavy (non-hydrogen) atoms. The first-order chi connectivity index (χ1) is 10.0. The monoisotopic (exact) mass is 286 g/mol. The van der Waals surface area contributed by atoms with Crippen molar-refractivity contribution in [1.82, 2.24) is 0 Å². The van der Waals surface area contributed by atoms with Crippen molar-refractivity contribution in [2.24, 2.45) is 0 Å². The summed E-state index contributed by atoms with van der Waals surface area (Å²) in [7, 11) is 0. The van der Waals surface area contributed by atoms with Crippen LogP contribution in [-0.4, -0.2) is 17.2 Å². The van der Waals surface area contributed by atoms with Crippen LogP contribution in [0.3, 0.4) is 0 Å². The lowest BCUT2D eigenvalue weighted by Gasteiger charge is -2.13. The zero-order valence-corrected chi connectivity index (χ0v) is 12.1. The summed E-state index contributed by atoms with van der Waals surface area (Å²) < 4.78 is 11.2. The Morgan fingerprint density at radius 1 is 1.00 bits per heavy atom. The van der Waals surface area contributed by atoms with E-state index in [0.717, 1.165) is 5.75 Å². The molecule has 0 aromatic heterocycles. The van der Waals surface area contributed by atoms with Crippen molar-refractivity contribution >= 4 is 5.97 Å². The van der Waals surface area contributed by atoms with Gasteiger partial charge in [0.05, 0.1) is 6.42 Å². The number of hydrogen-bond acceptors (Lipinski definition) is 3. The highest BCUT2D eigenvalue weighted by atomic mass is 16.5. The summed E-state index contributed by atoms with van der Waals surface area (Å²) >= 11 is 0. The Labute approximate surface area is 123 Å². The minimum absolute atomic E-state index is 0.0262. The summed E-state index contributed by atoms with van der Waals surface area (Å²) in [4.78, 5) is 10.6. The third-order valence-electron chi connectivity index (χ3n) is 2.88. The normalized spacial score (nSPS) is 11.7. The number of ether oxygens (including phenoxy) is 2. The Morgan fingerprint density at radius 3 is 2.00 bits per heavy atom. The maximum atomic E-state index is 10.6. The van der Waals surface area contributed by atoms with Crippen LogP contribution >= 0.6 is 0 Å². The zero-order chi connectivity index (χ0) is 15.2. The molecule has 0 spiro atoms. The van der Waals surface area contributed by atoms with Crippen molar-refractivity contribution in [3.8, 4) is 17.2 Å². The molecule has 0 saturated heterocycles. The van der Waals surface area contributed by atoms with Crippen LogP contribution in [0.1, 0.15) is 18.9 Å². The number of aryl methyl sites for hydroxylation is 1. The van der Waals surface area contributed by atoms with Gasteiger partial charge in [0.1, 0.15) is 23.4 Å². The molecule has 0 aliphatic rings. The predicted molar refractivity (Wildman–Crippen MR) is 80.0 cm³/mol. The smallest absolute Gasteiger partial charge is 0.307 e. The second-order valence-electron chi connectivity index (χ2n) is 4.91. The molecule has 110 valence electrons. The molecule has 0 aliphatic carbocycles. The van der Waals surface area contributed by atoms with Crippen LogP contribution in [0.5, 0.6) is 17.2 Å². The van der Waals surface area contributed by atoms with Crippen molar-refractivity contribution in [1.29, 1.82) is 0 Å². The number of aliphatic carboxylic acids is 1. The van der Waals surface area contributed by atoms with Crippen LogP contribution in [0.4, 0.5) is 0 Å². The van der Waals surface area contributed by atoms with E-state index in [1.807, 2.05) is 31.2 Å². The Morgan fingerprint density at radius 2 is 1.48 bits per heavy atom. The minimum Gasteiger partial charge on any atom is -0.490 e. The van der Waals surface area contributed by atoms with E-state index in [-0.39, 0.29) is 12.5 Å². The molecule has 0 fully saturated rings. The van der Waals surface area contributed by atoms with Crippen LogP contribution in [0, 0.1) is 6.92 Å². The van der Waals surface area contributed by atoms with Crippen LogP contribution in [0.2, 0.25) is 0 Å². The summed E-state index contributed by atoms with van der Waals surface area (Å²) in [5, 5.41) is 8.69. The molecule has 2 rings (SSSR count). The van der Waals surface area contributed by atoms with E-state index < -0.39 is 5.97 Å². The van der Waals surface area contributed by atoms with Gasteiger partial charge in [-0.1, -0.05) is 17.7 Å². The van der Waals surface area contributed by atoms with Crippen molar-refractivity contribution in [3.05, 3.63) is 54.1 Å². The first-order valence-corrected chi connectivity index (χ1v) is 6.76. The van der Waals surface area contributed by atoms with E-state index in [1.165, 1.54) is 5.56 Å². The number of benzene rings is 2. The van der Waals surface area contributed by atoms with Crippen LogP contribution < -0.4 is 9.47 Å². The van der Waals surface area contributed by atoms with Gasteiger partial charge in [-0.15, -0.1) is 0 Å².